The molecule has 0 aromatic rings. The molecule has 0 aliphatic heterocycles. The number of carbonyl (C=O) groups is 4. The molecule has 0 saturated heterocycles. The predicted octanol–water partition coefficient (Wildman–Crippen LogP) is 21.6. The molecule has 0 aliphatic rings. The van der Waals surface area contributed by atoms with E-state index in [9.17, 15) is 43.2 Å². The van der Waals surface area contributed by atoms with Crippen LogP contribution in [0.3, 0.4) is 0 Å². The van der Waals surface area contributed by atoms with Crippen molar-refractivity contribution in [2.24, 2.45) is 11.8 Å². The van der Waals surface area contributed by atoms with Crippen LogP contribution in [0.5, 0.6) is 0 Å². The Bertz CT molecular complexity index is 1810. The molecule has 93 heavy (non-hydrogen) atoms. The van der Waals surface area contributed by atoms with Gasteiger partial charge in [0, 0.05) is 25.7 Å². The van der Waals surface area contributed by atoms with E-state index in [0.717, 1.165) is 108 Å². The zero-order valence-electron chi connectivity index (χ0n) is 60.6. The van der Waals surface area contributed by atoms with E-state index in [4.69, 9.17) is 37.0 Å². The summed E-state index contributed by atoms with van der Waals surface area (Å²) in [4.78, 5) is 72.4. The van der Waals surface area contributed by atoms with Crippen molar-refractivity contribution in [1.29, 1.82) is 0 Å². The van der Waals surface area contributed by atoms with Gasteiger partial charge in [0.05, 0.1) is 26.4 Å². The predicted molar refractivity (Wildman–Crippen MR) is 377 cm³/mol. The van der Waals surface area contributed by atoms with Gasteiger partial charge in [0.2, 0.25) is 0 Å². The lowest BCUT2D eigenvalue weighted by Gasteiger charge is -2.21. The normalized spacial score (nSPS) is 14.3. The lowest BCUT2D eigenvalue weighted by molar-refractivity contribution is -0.161. The van der Waals surface area contributed by atoms with Gasteiger partial charge in [0.25, 0.3) is 0 Å². The smallest absolute Gasteiger partial charge is 0.462 e. The molecule has 0 aromatic carbocycles. The van der Waals surface area contributed by atoms with Gasteiger partial charge in [-0.1, -0.05) is 330 Å². The third-order valence-electron chi connectivity index (χ3n) is 17.6. The molecule has 0 fully saturated rings. The number of aliphatic hydroxyl groups is 1. The fourth-order valence-electron chi connectivity index (χ4n) is 11.3. The number of esters is 4. The highest BCUT2D eigenvalue weighted by molar-refractivity contribution is 7.47. The molecule has 0 aromatic heterocycles. The van der Waals surface area contributed by atoms with Crippen LogP contribution in [-0.4, -0.2) is 96.7 Å². The van der Waals surface area contributed by atoms with Crippen molar-refractivity contribution >= 4 is 39.5 Å². The summed E-state index contributed by atoms with van der Waals surface area (Å²) in [5.74, 6) is -0.540. The molecule has 552 valence electrons. The average Bonchev–Trinajstić information content (AvgIpc) is 2.77. The molecule has 0 bridgehead atoms. The van der Waals surface area contributed by atoms with Crippen LogP contribution in [0.15, 0.2) is 0 Å². The monoisotopic (exact) mass is 1370 g/mol. The van der Waals surface area contributed by atoms with E-state index in [1.165, 1.54) is 193 Å². The van der Waals surface area contributed by atoms with Crippen molar-refractivity contribution in [3.8, 4) is 0 Å². The Morgan fingerprint density at radius 2 is 0.548 bits per heavy atom. The molecule has 0 rings (SSSR count). The van der Waals surface area contributed by atoms with Gasteiger partial charge >= 0.3 is 39.5 Å². The van der Waals surface area contributed by atoms with Gasteiger partial charge in [-0.15, -0.1) is 0 Å². The minimum Gasteiger partial charge on any atom is -0.462 e. The second-order valence-corrected chi connectivity index (χ2v) is 30.3. The highest BCUT2D eigenvalue weighted by Gasteiger charge is 2.30. The van der Waals surface area contributed by atoms with Crippen molar-refractivity contribution in [3.05, 3.63) is 0 Å². The first kappa shape index (κ1) is 91.1. The van der Waals surface area contributed by atoms with Gasteiger partial charge in [-0.05, 0) is 37.5 Å². The number of ether oxygens (including phenoxy) is 4. The van der Waals surface area contributed by atoms with E-state index in [0.29, 0.717) is 25.7 Å². The van der Waals surface area contributed by atoms with Crippen LogP contribution in [0.2, 0.25) is 0 Å². The van der Waals surface area contributed by atoms with Crippen LogP contribution in [-0.2, 0) is 65.4 Å². The fourth-order valence-corrected chi connectivity index (χ4v) is 12.8. The fraction of sp³-hybridized carbons (Fsp3) is 0.946. The summed E-state index contributed by atoms with van der Waals surface area (Å²) in [5.41, 5.74) is 0. The molecule has 0 saturated carbocycles. The molecular weight excluding hydrogens is 1220 g/mol. The molecule has 0 heterocycles. The van der Waals surface area contributed by atoms with Crippen LogP contribution in [0, 0.1) is 11.8 Å². The van der Waals surface area contributed by atoms with E-state index < -0.39 is 97.5 Å². The number of rotatable bonds is 73. The lowest BCUT2D eigenvalue weighted by atomic mass is 9.99. The number of carbonyl (C=O) groups excluding carboxylic acids is 4. The Hall–Kier alpha value is -1.94. The molecule has 0 aliphatic carbocycles. The Labute approximate surface area is 568 Å². The Kier molecular flexibility index (Phi) is 64.6. The first-order valence-corrected chi connectivity index (χ1v) is 41.5. The molecule has 3 unspecified atom stereocenters. The maximum atomic E-state index is 13.1. The maximum absolute atomic E-state index is 13.1. The second kappa shape index (κ2) is 66.0. The minimum absolute atomic E-state index is 0.104. The van der Waals surface area contributed by atoms with Gasteiger partial charge < -0.3 is 33.8 Å². The molecule has 0 spiro atoms. The van der Waals surface area contributed by atoms with Crippen LogP contribution in [0.4, 0.5) is 0 Å². The molecular formula is C74H144O17P2. The van der Waals surface area contributed by atoms with Crippen LogP contribution in [0.25, 0.3) is 0 Å². The van der Waals surface area contributed by atoms with E-state index >= 15 is 0 Å². The second-order valence-electron chi connectivity index (χ2n) is 27.4. The minimum atomic E-state index is -4.95. The van der Waals surface area contributed by atoms with Crippen LogP contribution in [0.1, 0.15) is 382 Å². The van der Waals surface area contributed by atoms with Crippen molar-refractivity contribution in [3.63, 3.8) is 0 Å². The van der Waals surface area contributed by atoms with Gasteiger partial charge in [0.15, 0.2) is 12.2 Å². The summed E-state index contributed by atoms with van der Waals surface area (Å²) < 4.78 is 68.2. The zero-order valence-corrected chi connectivity index (χ0v) is 62.3. The summed E-state index contributed by atoms with van der Waals surface area (Å²) in [6.45, 7) is 9.52. The number of aliphatic hydroxyl groups excluding tert-OH is 1. The largest absolute Gasteiger partial charge is 0.472 e. The first-order valence-electron chi connectivity index (χ1n) is 38.5. The third-order valence-corrected chi connectivity index (χ3v) is 19.5. The summed E-state index contributed by atoms with van der Waals surface area (Å²) in [6.07, 6.45) is 53.2. The molecule has 0 radical (unpaired) electrons. The first-order chi connectivity index (χ1) is 44.9. The lowest BCUT2D eigenvalue weighted by Crippen LogP contribution is -2.30. The number of phosphoric acid groups is 2. The SMILES string of the molecule is CCCCCCCCCCCCCCCCCC(=O)OC[C@H](COP(=O)(O)OC[C@@H](O)COP(=O)(O)OC[C@@H](COC(=O)CCCCCCC)OC(=O)CCCCCCCCCCC(C)CC)OC(=O)CCCCCCCCCCCCCCCCCCCCC(C)C. The van der Waals surface area contributed by atoms with Crippen LogP contribution >= 0.6 is 15.6 Å². The van der Waals surface area contributed by atoms with Gasteiger partial charge in [-0.3, -0.25) is 37.3 Å². The summed E-state index contributed by atoms with van der Waals surface area (Å²) in [7, 11) is -9.90. The molecule has 6 atom stereocenters. The highest BCUT2D eigenvalue weighted by Crippen LogP contribution is 2.45. The summed E-state index contributed by atoms with van der Waals surface area (Å²) in [6, 6.07) is 0. The third kappa shape index (κ3) is 67.0. The van der Waals surface area contributed by atoms with E-state index in [1.54, 1.807) is 0 Å². The molecule has 0 amide bonds. The number of unbranched alkanes of at least 4 members (excludes halogenated alkanes) is 42. The van der Waals surface area contributed by atoms with E-state index in [1.807, 2.05) is 0 Å². The molecule has 19 heteroatoms. The van der Waals surface area contributed by atoms with Crippen molar-refractivity contribution in [2.45, 2.75) is 400 Å². The summed E-state index contributed by atoms with van der Waals surface area (Å²) >= 11 is 0. The maximum Gasteiger partial charge on any atom is 0.472 e. The van der Waals surface area contributed by atoms with Crippen molar-refractivity contribution < 1.29 is 80.2 Å². The summed E-state index contributed by atoms with van der Waals surface area (Å²) in [5, 5.41) is 10.6. The average molecular weight is 1370 g/mol. The Balaban J connectivity index is 5.13. The van der Waals surface area contributed by atoms with Gasteiger partial charge in [-0.2, -0.15) is 0 Å². The van der Waals surface area contributed by atoms with Gasteiger partial charge in [0.1, 0.15) is 19.3 Å². The van der Waals surface area contributed by atoms with E-state index in [2.05, 4.69) is 41.5 Å². The van der Waals surface area contributed by atoms with Crippen molar-refractivity contribution in [2.75, 3.05) is 39.6 Å². The Morgan fingerprint density at radius 1 is 0.312 bits per heavy atom. The number of hydrogen-bond acceptors (Lipinski definition) is 15. The van der Waals surface area contributed by atoms with Crippen LogP contribution < -0.4 is 0 Å². The Morgan fingerprint density at radius 3 is 0.817 bits per heavy atom. The van der Waals surface area contributed by atoms with Gasteiger partial charge in [-0.25, -0.2) is 9.13 Å². The number of hydrogen-bond donors (Lipinski definition) is 3. The molecule has 17 nitrogen and oxygen atoms in total. The topological polar surface area (TPSA) is 237 Å². The van der Waals surface area contributed by atoms with E-state index in [-0.39, 0.29) is 25.7 Å². The molecule has 3 N–H and O–H groups in total. The highest BCUT2D eigenvalue weighted by atomic mass is 31.2. The standard InChI is InChI=1S/C74H144O17P2/c1-7-10-12-14-15-16-17-18-23-27-30-33-39-45-51-57-72(77)85-63-70(91-73(78)58-52-46-40-34-31-28-25-22-20-19-21-24-26-29-32-37-43-48-54-66(4)5)65-89-93(82,83)87-61-68(75)60-86-92(80,81)88-64-69(62-84-71(76)56-50-42-13-11-8-2)90-74(79)59-53-47-41-36-35-38-44-49-55-67(6)9-3/h66-70,75H,7-65H2,1-6H3,(H,80,81)(H,82,83)/t67?,68-,69+,70+/m0/s1. The number of phosphoric ester groups is 2. The quantitative estimate of drug-likeness (QED) is 0.0222. The van der Waals surface area contributed by atoms with Crippen molar-refractivity contribution in [1.82, 2.24) is 0 Å². The zero-order chi connectivity index (χ0) is 68.6.